The predicted octanol–water partition coefficient (Wildman–Crippen LogP) is 5.13. The smallest absolute Gasteiger partial charge is 0.364 e. The number of aromatic nitrogens is 2. The van der Waals surface area contributed by atoms with Crippen molar-refractivity contribution >= 4 is 34.3 Å². The highest BCUT2D eigenvalue weighted by Crippen LogP contribution is 2.33. The number of benzene rings is 2. The number of hydrogen-bond donors (Lipinski definition) is 4. The van der Waals surface area contributed by atoms with Gasteiger partial charge in [0.1, 0.15) is 17.3 Å². The van der Waals surface area contributed by atoms with Crippen LogP contribution in [0.25, 0.3) is 22.0 Å². The number of fused-ring (bicyclic) bond motifs is 1. The lowest BCUT2D eigenvalue weighted by molar-refractivity contribution is -0.137. The molecule has 0 saturated carbocycles. The van der Waals surface area contributed by atoms with Crippen LogP contribution >= 0.6 is 0 Å². The van der Waals surface area contributed by atoms with Gasteiger partial charge >= 0.3 is 12.2 Å². The van der Waals surface area contributed by atoms with Gasteiger partial charge in [-0.3, -0.25) is 10.1 Å². The monoisotopic (exact) mass is 457 g/mol. The Morgan fingerprint density at radius 1 is 1.00 bits per heavy atom. The third kappa shape index (κ3) is 4.47. The van der Waals surface area contributed by atoms with Gasteiger partial charge in [-0.1, -0.05) is 18.2 Å². The number of para-hydroxylation sites is 1. The first kappa shape index (κ1) is 21.8. The van der Waals surface area contributed by atoms with Crippen LogP contribution in [0.2, 0.25) is 0 Å². The summed E-state index contributed by atoms with van der Waals surface area (Å²) in [6.07, 6.45) is -3.30. The summed E-state index contributed by atoms with van der Waals surface area (Å²) < 4.78 is 52.3. The number of nitrogens with two attached hydrogens (primary N) is 1. The summed E-state index contributed by atoms with van der Waals surface area (Å²) in [6, 6.07) is 10.9. The molecule has 168 valence electrons. The van der Waals surface area contributed by atoms with Gasteiger partial charge in [0.25, 0.3) is 5.91 Å². The molecule has 7 nitrogen and oxygen atoms in total. The molecular formula is C22H15F4N5O2. The average molecular weight is 457 g/mol. The van der Waals surface area contributed by atoms with Crippen LogP contribution in [-0.4, -0.2) is 21.9 Å². The van der Waals surface area contributed by atoms with Gasteiger partial charge in [0, 0.05) is 28.2 Å². The minimum absolute atomic E-state index is 0.0455. The molecule has 0 fully saturated rings. The fraction of sp³-hybridized carbons (Fsp3) is 0.0455. The van der Waals surface area contributed by atoms with E-state index in [9.17, 15) is 27.2 Å². The number of aromatic amines is 1. The number of primary amides is 1. The van der Waals surface area contributed by atoms with Gasteiger partial charge in [-0.15, -0.1) is 0 Å². The number of alkyl halides is 3. The Bertz CT molecular complexity index is 1360. The second kappa shape index (κ2) is 8.26. The molecule has 2 aromatic heterocycles. The molecule has 0 aliphatic carbocycles. The standard InChI is InChI=1S/C22H15F4N5O2/c23-14-7-6-12(22(24,25)26)9-16(14)30-21(33)31-17-8-5-11(10-28-17)18-13-3-1-2-4-15(13)29-19(18)20(27)32/h1-10,29H,(H2,27,32)(H2,28,30,31,33). The molecule has 0 spiro atoms. The number of nitrogens with one attached hydrogen (secondary N) is 3. The van der Waals surface area contributed by atoms with Crippen LogP contribution in [0.1, 0.15) is 16.1 Å². The second-order valence-electron chi connectivity index (χ2n) is 6.99. The molecule has 4 rings (SSSR count). The van der Waals surface area contributed by atoms with E-state index < -0.39 is 35.2 Å². The van der Waals surface area contributed by atoms with E-state index >= 15 is 0 Å². The summed E-state index contributed by atoms with van der Waals surface area (Å²) in [5.74, 6) is -1.64. The lowest BCUT2D eigenvalue weighted by Crippen LogP contribution is -2.21. The minimum Gasteiger partial charge on any atom is -0.364 e. The van der Waals surface area contributed by atoms with E-state index in [1.54, 1.807) is 30.3 Å². The minimum atomic E-state index is -4.69. The molecule has 0 unspecified atom stereocenters. The third-order valence-corrected chi connectivity index (χ3v) is 4.79. The van der Waals surface area contributed by atoms with Gasteiger partial charge in [-0.2, -0.15) is 13.2 Å². The zero-order chi connectivity index (χ0) is 23.8. The van der Waals surface area contributed by atoms with Crippen molar-refractivity contribution in [3.8, 4) is 11.1 Å². The van der Waals surface area contributed by atoms with Crippen molar-refractivity contribution in [2.24, 2.45) is 5.73 Å². The predicted molar refractivity (Wildman–Crippen MR) is 114 cm³/mol. The molecule has 2 aromatic carbocycles. The number of carbonyl (C=O) groups is 2. The normalized spacial score (nSPS) is 11.4. The van der Waals surface area contributed by atoms with Crippen molar-refractivity contribution < 1.29 is 27.2 Å². The highest BCUT2D eigenvalue weighted by Gasteiger charge is 2.31. The molecule has 4 aromatic rings. The van der Waals surface area contributed by atoms with Gasteiger partial charge in [0.15, 0.2) is 0 Å². The molecule has 11 heteroatoms. The third-order valence-electron chi connectivity index (χ3n) is 4.79. The van der Waals surface area contributed by atoms with Crippen LogP contribution in [0.3, 0.4) is 0 Å². The highest BCUT2D eigenvalue weighted by atomic mass is 19.4. The number of urea groups is 1. The van der Waals surface area contributed by atoms with Crippen LogP contribution < -0.4 is 16.4 Å². The van der Waals surface area contributed by atoms with Crippen LogP contribution in [0.5, 0.6) is 0 Å². The first-order chi connectivity index (χ1) is 15.6. The Morgan fingerprint density at radius 2 is 1.76 bits per heavy atom. The van der Waals surface area contributed by atoms with Gasteiger partial charge in [0.2, 0.25) is 0 Å². The second-order valence-corrected chi connectivity index (χ2v) is 6.99. The summed E-state index contributed by atoms with van der Waals surface area (Å²) in [4.78, 5) is 31.1. The summed E-state index contributed by atoms with van der Waals surface area (Å²) in [5, 5.41) is 5.09. The van der Waals surface area contributed by atoms with Crippen molar-refractivity contribution in [2.75, 3.05) is 10.6 Å². The van der Waals surface area contributed by atoms with Crippen molar-refractivity contribution in [3.63, 3.8) is 0 Å². The zero-order valence-electron chi connectivity index (χ0n) is 16.6. The van der Waals surface area contributed by atoms with E-state index in [2.05, 4.69) is 15.3 Å². The van der Waals surface area contributed by atoms with Crippen LogP contribution in [-0.2, 0) is 6.18 Å². The molecule has 33 heavy (non-hydrogen) atoms. The van der Waals surface area contributed by atoms with Crippen molar-refractivity contribution in [2.45, 2.75) is 6.18 Å². The van der Waals surface area contributed by atoms with Gasteiger partial charge in [0.05, 0.1) is 11.3 Å². The molecule has 0 saturated heterocycles. The van der Waals surface area contributed by atoms with Crippen LogP contribution in [0, 0.1) is 5.82 Å². The van der Waals surface area contributed by atoms with E-state index in [0.717, 1.165) is 5.39 Å². The zero-order valence-corrected chi connectivity index (χ0v) is 16.6. The maximum atomic E-state index is 13.8. The number of nitrogens with zero attached hydrogens (tertiary/aromatic N) is 1. The summed E-state index contributed by atoms with van der Waals surface area (Å²) in [7, 11) is 0. The maximum Gasteiger partial charge on any atom is 0.416 e. The van der Waals surface area contributed by atoms with Gasteiger partial charge in [-0.25, -0.2) is 14.2 Å². The van der Waals surface area contributed by atoms with Gasteiger partial charge in [-0.05, 0) is 36.4 Å². The number of pyridine rings is 1. The topological polar surface area (TPSA) is 113 Å². The Hall–Kier alpha value is -4.41. The molecule has 0 radical (unpaired) electrons. The number of hydrogen-bond acceptors (Lipinski definition) is 3. The molecule has 0 aliphatic heterocycles. The molecule has 2 heterocycles. The van der Waals surface area contributed by atoms with E-state index in [1.807, 2.05) is 5.32 Å². The van der Waals surface area contributed by atoms with Crippen molar-refractivity contribution in [1.82, 2.24) is 9.97 Å². The van der Waals surface area contributed by atoms with Crippen molar-refractivity contribution in [1.29, 1.82) is 0 Å². The first-order valence-electron chi connectivity index (χ1n) is 9.45. The average Bonchev–Trinajstić information content (AvgIpc) is 3.15. The summed E-state index contributed by atoms with van der Waals surface area (Å²) in [5.41, 5.74) is 5.70. The Balaban J connectivity index is 1.55. The van der Waals surface area contributed by atoms with E-state index in [1.165, 1.54) is 12.3 Å². The van der Waals surface area contributed by atoms with Crippen LogP contribution in [0.4, 0.5) is 33.9 Å². The molecule has 0 aliphatic rings. The largest absolute Gasteiger partial charge is 0.416 e. The fourth-order valence-corrected chi connectivity index (χ4v) is 3.31. The molecule has 0 bridgehead atoms. The van der Waals surface area contributed by atoms with Crippen LogP contribution in [0.15, 0.2) is 60.8 Å². The van der Waals surface area contributed by atoms with E-state index in [-0.39, 0.29) is 11.5 Å². The quantitative estimate of drug-likeness (QED) is 0.319. The maximum absolute atomic E-state index is 13.8. The summed E-state index contributed by atoms with van der Waals surface area (Å²) >= 11 is 0. The number of anilines is 2. The molecule has 5 N–H and O–H groups in total. The lowest BCUT2D eigenvalue weighted by Gasteiger charge is -2.11. The number of carbonyl (C=O) groups excluding carboxylic acids is 2. The van der Waals surface area contributed by atoms with E-state index in [4.69, 9.17) is 5.73 Å². The Labute approximate surface area is 183 Å². The molecule has 0 atom stereocenters. The molecule has 3 amide bonds. The highest BCUT2D eigenvalue weighted by molar-refractivity contribution is 6.09. The van der Waals surface area contributed by atoms with Gasteiger partial charge < -0.3 is 16.0 Å². The Morgan fingerprint density at radius 3 is 2.42 bits per heavy atom. The van der Waals surface area contributed by atoms with E-state index in [0.29, 0.717) is 34.8 Å². The fourth-order valence-electron chi connectivity index (χ4n) is 3.31. The molecular weight excluding hydrogens is 442 g/mol. The number of amides is 3. The number of rotatable bonds is 4. The first-order valence-corrected chi connectivity index (χ1v) is 9.45. The Kier molecular flexibility index (Phi) is 5.46. The lowest BCUT2D eigenvalue weighted by atomic mass is 10.0. The number of H-pyrrole nitrogens is 1. The summed E-state index contributed by atoms with van der Waals surface area (Å²) in [6.45, 7) is 0. The SMILES string of the molecule is NC(=O)c1[nH]c2ccccc2c1-c1ccc(NC(=O)Nc2cc(C(F)(F)F)ccc2F)nc1. The number of halogens is 4. The van der Waals surface area contributed by atoms with Crippen molar-refractivity contribution in [3.05, 3.63) is 77.9 Å².